The van der Waals surface area contributed by atoms with E-state index in [1.807, 2.05) is 0 Å². The Bertz CT molecular complexity index is 11100. The third kappa shape index (κ3) is 13.0. The molecule has 6 nitrogen and oxygen atoms in total. The molecule has 33 rings (SSSR count). The van der Waals surface area contributed by atoms with Crippen molar-refractivity contribution in [3.63, 3.8) is 0 Å². The summed E-state index contributed by atoms with van der Waals surface area (Å²) in [6.45, 7) is 0. The van der Waals surface area contributed by atoms with Gasteiger partial charge in [0.15, 0.2) is 0 Å². The molecule has 0 unspecified atom stereocenters. The van der Waals surface area contributed by atoms with Crippen LogP contribution in [0, 0.1) is 0 Å². The Balaban J connectivity index is 0.000000101. The second-order valence-electron chi connectivity index (χ2n) is 39.9. The quantitative estimate of drug-likeness (QED) is 0.129. The SMILES string of the molecule is c1ccc(-c2cccc(-n3c4ccccc4c4c5c6ccccc6n(-c6ccc7c8ccccc8c8ccccc8c7c6)c5ccc43)c2)cc1.c1ccc(-c2cccc(-n3c4ccccc4c4cc5c(cc43)c3ccccc3n5-c3ccc4c5ccccc5c5ccccc5c4c3)c2)cc1.c1ccc(-c2cccc(-n3c4ccccc4c4ccc5c6ccccc6n(-c6ccc7c8ccccc8c8ccccc8c7c6)c5c43)c2)cc1. The molecule has 0 bridgehead atoms. The van der Waals surface area contributed by atoms with Gasteiger partial charge in [-0.15, -0.1) is 0 Å². The maximum absolute atomic E-state index is 2.51. The molecule has 0 fully saturated rings. The fourth-order valence-electron chi connectivity index (χ4n) is 25.6. The molecule has 33 aromatic rings. The summed E-state index contributed by atoms with van der Waals surface area (Å²) in [7, 11) is 0. The summed E-state index contributed by atoms with van der Waals surface area (Å²) >= 11 is 0. The number of benzene rings is 27. The van der Waals surface area contributed by atoms with Crippen molar-refractivity contribution in [2.24, 2.45) is 0 Å². The standard InChI is InChI=1S/3C48H30N2/c1-2-13-31(14-3-1)32-15-12-16-33(27-32)49-45-23-10-8-21-40(45)43-30-48-44(29-47(43)49)41-22-9-11-24-46(41)50(48)34-25-26-39-37-19-5-4-17-35(37)36-18-6-7-20-38(36)42(39)28-34;1-2-13-31(14-3-1)32-15-12-16-33(29-32)49-43-23-10-8-21-40(43)47-45(49)27-28-46-48(47)41-22-9-11-24-44(41)50(46)34-25-26-39-37-19-5-4-17-35(37)36-18-6-7-20-38(36)42(39)30-34;1-2-13-31(14-3-1)32-15-12-16-33(29-32)49-45-23-10-8-21-40(45)42-27-28-43-41-22-9-11-24-46(41)50(48(43)47(42)49)34-25-26-39-37-19-5-4-17-35(37)36-18-6-7-20-38(36)44(39)30-34/h3*1-30H. The molecule has 6 heterocycles. The summed E-state index contributed by atoms with van der Waals surface area (Å²) in [6, 6.07) is 200. The van der Waals surface area contributed by atoms with Crippen LogP contribution >= 0.6 is 0 Å². The zero-order valence-corrected chi connectivity index (χ0v) is 81.6. The van der Waals surface area contributed by atoms with Crippen LogP contribution in [0.15, 0.2) is 546 Å². The maximum Gasteiger partial charge on any atom is 0.0788 e. The largest absolute Gasteiger partial charge is 0.309 e. The van der Waals surface area contributed by atoms with E-state index in [0.29, 0.717) is 0 Å². The predicted octanol–water partition coefficient (Wildman–Crippen LogP) is 39.0. The first-order valence-electron chi connectivity index (χ1n) is 51.8. The Labute approximate surface area is 862 Å². The van der Waals surface area contributed by atoms with Crippen LogP contribution < -0.4 is 0 Å². The van der Waals surface area contributed by atoms with Crippen molar-refractivity contribution in [2.45, 2.75) is 0 Å². The summed E-state index contributed by atoms with van der Waals surface area (Å²) < 4.78 is 14.8. The molecule has 0 spiro atoms. The average molecular weight is 1900 g/mol. The number of para-hydroxylation sites is 6. The Morgan fingerprint density at radius 2 is 0.280 bits per heavy atom. The van der Waals surface area contributed by atoms with E-state index in [4.69, 9.17) is 0 Å². The van der Waals surface area contributed by atoms with Gasteiger partial charge in [0.1, 0.15) is 0 Å². The third-order valence-corrected chi connectivity index (χ3v) is 32.0. The van der Waals surface area contributed by atoms with Gasteiger partial charge in [0, 0.05) is 98.8 Å². The van der Waals surface area contributed by atoms with E-state index in [-0.39, 0.29) is 0 Å². The Morgan fingerprint density at radius 3 is 0.573 bits per heavy atom. The zero-order valence-electron chi connectivity index (χ0n) is 81.6. The molecule has 0 saturated heterocycles. The van der Waals surface area contributed by atoms with Crippen LogP contribution in [0.3, 0.4) is 0 Å². The molecular weight excluding hydrogens is 1810 g/mol. The van der Waals surface area contributed by atoms with Gasteiger partial charge in [-0.25, -0.2) is 0 Å². The van der Waals surface area contributed by atoms with Crippen LogP contribution in [0.25, 0.3) is 295 Å². The van der Waals surface area contributed by atoms with Crippen molar-refractivity contribution < 1.29 is 0 Å². The fourth-order valence-corrected chi connectivity index (χ4v) is 25.6. The fraction of sp³-hybridized carbons (Fsp3) is 0. The minimum absolute atomic E-state index is 1.15. The highest BCUT2D eigenvalue weighted by atomic mass is 15.1. The van der Waals surface area contributed by atoms with Crippen LogP contribution in [-0.4, -0.2) is 27.4 Å². The van der Waals surface area contributed by atoms with Crippen molar-refractivity contribution in [3.8, 4) is 67.5 Å². The lowest BCUT2D eigenvalue weighted by molar-refractivity contribution is 1.15. The predicted molar refractivity (Wildman–Crippen MR) is 639 cm³/mol. The Hall–Kier alpha value is -19.9. The molecule has 0 radical (unpaired) electrons. The topological polar surface area (TPSA) is 29.6 Å². The molecule has 0 aliphatic heterocycles. The lowest BCUT2D eigenvalue weighted by Crippen LogP contribution is -1.99. The number of hydrogen-bond acceptors (Lipinski definition) is 0. The number of hydrogen-bond donors (Lipinski definition) is 0. The van der Waals surface area contributed by atoms with Crippen molar-refractivity contribution in [1.29, 1.82) is 0 Å². The van der Waals surface area contributed by atoms with Crippen LogP contribution in [-0.2, 0) is 0 Å². The van der Waals surface area contributed by atoms with Crippen LogP contribution in [0.4, 0.5) is 0 Å². The van der Waals surface area contributed by atoms with Crippen LogP contribution in [0.1, 0.15) is 0 Å². The number of nitrogens with zero attached hydrogens (tertiary/aromatic N) is 6. The first kappa shape index (κ1) is 84.6. The molecule has 0 N–H and O–H groups in total. The smallest absolute Gasteiger partial charge is 0.0788 e. The van der Waals surface area contributed by atoms with Gasteiger partial charge in [-0.1, -0.05) is 413 Å². The summed E-state index contributed by atoms with van der Waals surface area (Å²) in [5.41, 5.74) is 28.8. The van der Waals surface area contributed by atoms with Crippen LogP contribution in [0.2, 0.25) is 0 Å². The second kappa shape index (κ2) is 33.9. The van der Waals surface area contributed by atoms with Crippen molar-refractivity contribution in [3.05, 3.63) is 546 Å². The highest BCUT2D eigenvalue weighted by Gasteiger charge is 2.28. The molecule has 0 saturated carbocycles. The van der Waals surface area contributed by atoms with E-state index in [9.17, 15) is 0 Å². The Kier molecular flexibility index (Phi) is 19.1. The molecule has 6 heteroatoms. The summed E-state index contributed by atoms with van der Waals surface area (Å²) in [5, 5.41) is 38.3. The van der Waals surface area contributed by atoms with E-state index < -0.39 is 0 Å². The molecule has 0 aliphatic rings. The van der Waals surface area contributed by atoms with Crippen molar-refractivity contribution in [1.82, 2.24) is 27.4 Å². The van der Waals surface area contributed by atoms with Crippen molar-refractivity contribution >= 4 is 228 Å². The summed E-state index contributed by atoms with van der Waals surface area (Å²) in [4.78, 5) is 0. The lowest BCUT2D eigenvalue weighted by atomic mass is 9.94. The maximum atomic E-state index is 2.51. The van der Waals surface area contributed by atoms with Gasteiger partial charge in [0.2, 0.25) is 0 Å². The highest BCUT2D eigenvalue weighted by molar-refractivity contribution is 6.33. The van der Waals surface area contributed by atoms with Gasteiger partial charge in [-0.3, -0.25) is 0 Å². The molecule has 696 valence electrons. The normalized spacial score (nSPS) is 12.0. The van der Waals surface area contributed by atoms with E-state index in [0.717, 1.165) is 22.7 Å². The first-order chi connectivity index (χ1) is 74.5. The zero-order chi connectivity index (χ0) is 98.3. The molecule has 0 atom stereocenters. The van der Waals surface area contributed by atoms with Crippen molar-refractivity contribution in [2.75, 3.05) is 0 Å². The number of rotatable bonds is 9. The minimum atomic E-state index is 1.15. The summed E-state index contributed by atoms with van der Waals surface area (Å²) in [6.07, 6.45) is 0. The molecule has 150 heavy (non-hydrogen) atoms. The monoisotopic (exact) mass is 1900 g/mol. The second-order valence-corrected chi connectivity index (χ2v) is 39.9. The van der Waals surface area contributed by atoms with E-state index in [2.05, 4.69) is 573 Å². The lowest BCUT2D eigenvalue weighted by Gasteiger charge is -2.15. The highest BCUT2D eigenvalue weighted by Crippen LogP contribution is 2.50. The van der Waals surface area contributed by atoms with Crippen LogP contribution in [0.5, 0.6) is 0 Å². The Morgan fingerprint density at radius 1 is 0.0867 bits per heavy atom. The number of fused-ring (bicyclic) bond motifs is 38. The van der Waals surface area contributed by atoms with Gasteiger partial charge in [-0.05, 0) is 264 Å². The van der Waals surface area contributed by atoms with Gasteiger partial charge >= 0.3 is 0 Å². The van der Waals surface area contributed by atoms with Gasteiger partial charge < -0.3 is 27.4 Å². The van der Waals surface area contributed by atoms with E-state index in [1.54, 1.807) is 0 Å². The number of aromatic nitrogens is 6. The van der Waals surface area contributed by atoms with E-state index >= 15 is 0 Å². The van der Waals surface area contributed by atoms with Gasteiger partial charge in [-0.2, -0.15) is 0 Å². The minimum Gasteiger partial charge on any atom is -0.309 e. The van der Waals surface area contributed by atoms with Gasteiger partial charge in [0.05, 0.1) is 66.2 Å². The molecule has 6 aromatic heterocycles. The molecule has 0 aliphatic carbocycles. The molecule has 0 amide bonds. The third-order valence-electron chi connectivity index (χ3n) is 32.0. The van der Waals surface area contributed by atoms with E-state index in [1.165, 1.54) is 273 Å². The first-order valence-corrected chi connectivity index (χ1v) is 51.8. The molecular formula is C144H90N6. The average Bonchev–Trinajstić information content (AvgIpc) is 1.54. The summed E-state index contributed by atoms with van der Waals surface area (Å²) in [5.74, 6) is 0. The van der Waals surface area contributed by atoms with Gasteiger partial charge in [0.25, 0.3) is 0 Å². The molecule has 27 aromatic carbocycles.